The second-order valence-electron chi connectivity index (χ2n) is 6.85. The molecule has 2 aliphatic rings. The Balaban J connectivity index is 0.00000210. The fourth-order valence-corrected chi connectivity index (χ4v) is 3.85. The molecule has 144 valence electrons. The Hall–Kier alpha value is -1.35. The molecule has 4 rings (SSSR count). The van der Waals surface area contributed by atoms with Crippen LogP contribution >= 0.6 is 39.9 Å². The Kier molecular flexibility index (Phi) is 6.97. The second kappa shape index (κ2) is 9.23. The summed E-state index contributed by atoms with van der Waals surface area (Å²) < 4.78 is 1.13. The normalized spacial score (nSPS) is 22.2. The summed E-state index contributed by atoms with van der Waals surface area (Å²) in [5, 5.41) is 3.66. The summed E-state index contributed by atoms with van der Waals surface area (Å²) in [6.45, 7) is 3.87. The number of hydrogen-bond donors (Lipinski definition) is 1. The van der Waals surface area contributed by atoms with Crippen LogP contribution in [0.25, 0.3) is 0 Å². The molecule has 2 unspecified atom stereocenters. The number of rotatable bonds is 3. The van der Waals surface area contributed by atoms with Crippen molar-refractivity contribution in [1.29, 1.82) is 0 Å². The Bertz CT molecular complexity index is 760. The standard InChI is InChI=1S/C20H24BrN5.HI/c1-22-20(24-18-14-17(18)15-5-7-16(21)8-6-15)26-12-10-25(11-13-26)19-4-2-3-9-23-19;/h2-9,17-18H,10-14H2,1H3,(H,22,24);1H. The van der Waals surface area contributed by atoms with E-state index in [0.717, 1.165) is 42.4 Å². The number of halogens is 2. The van der Waals surface area contributed by atoms with Gasteiger partial charge in [-0.25, -0.2) is 4.98 Å². The third-order valence-electron chi connectivity index (χ3n) is 5.17. The maximum absolute atomic E-state index is 4.52. The third kappa shape index (κ3) is 4.93. The lowest BCUT2D eigenvalue weighted by Gasteiger charge is -2.37. The second-order valence-corrected chi connectivity index (χ2v) is 7.77. The lowest BCUT2D eigenvalue weighted by Crippen LogP contribution is -2.53. The fraction of sp³-hybridized carbons (Fsp3) is 0.400. The molecule has 7 heteroatoms. The Labute approximate surface area is 186 Å². The molecule has 1 N–H and O–H groups in total. The van der Waals surface area contributed by atoms with E-state index in [-0.39, 0.29) is 24.0 Å². The summed E-state index contributed by atoms with van der Waals surface area (Å²) in [4.78, 5) is 13.7. The summed E-state index contributed by atoms with van der Waals surface area (Å²) in [6.07, 6.45) is 3.03. The van der Waals surface area contributed by atoms with Gasteiger partial charge in [-0.15, -0.1) is 24.0 Å². The molecule has 1 aromatic heterocycles. The minimum atomic E-state index is 0. The van der Waals surface area contributed by atoms with Gasteiger partial charge in [0, 0.05) is 55.9 Å². The quantitative estimate of drug-likeness (QED) is 0.365. The van der Waals surface area contributed by atoms with Gasteiger partial charge in [0.25, 0.3) is 0 Å². The van der Waals surface area contributed by atoms with Crippen LogP contribution in [-0.4, -0.2) is 55.1 Å². The van der Waals surface area contributed by atoms with Crippen molar-refractivity contribution in [2.45, 2.75) is 18.4 Å². The average molecular weight is 542 g/mol. The van der Waals surface area contributed by atoms with Crippen molar-refractivity contribution in [3.05, 3.63) is 58.7 Å². The monoisotopic (exact) mass is 541 g/mol. The molecule has 0 spiro atoms. The van der Waals surface area contributed by atoms with Gasteiger partial charge in [0.2, 0.25) is 0 Å². The van der Waals surface area contributed by atoms with Crippen molar-refractivity contribution < 1.29 is 0 Å². The average Bonchev–Trinajstić information content (AvgIpc) is 3.47. The Morgan fingerprint density at radius 2 is 1.85 bits per heavy atom. The molecular formula is C20H25BrIN5. The van der Waals surface area contributed by atoms with E-state index in [0.29, 0.717) is 12.0 Å². The number of nitrogens with zero attached hydrogens (tertiary/aromatic N) is 4. The summed E-state index contributed by atoms with van der Waals surface area (Å²) in [5.74, 6) is 2.68. The first-order valence-corrected chi connectivity index (χ1v) is 9.93. The molecule has 1 aromatic carbocycles. The maximum Gasteiger partial charge on any atom is 0.194 e. The molecule has 2 aromatic rings. The van der Waals surface area contributed by atoms with Crippen LogP contribution in [0, 0.1) is 0 Å². The number of guanidine groups is 1. The predicted molar refractivity (Wildman–Crippen MR) is 125 cm³/mol. The summed E-state index contributed by atoms with van der Waals surface area (Å²) in [6, 6.07) is 15.2. The Morgan fingerprint density at radius 1 is 1.11 bits per heavy atom. The lowest BCUT2D eigenvalue weighted by atomic mass is 10.1. The molecule has 1 aliphatic heterocycles. The number of benzene rings is 1. The van der Waals surface area contributed by atoms with E-state index in [4.69, 9.17) is 0 Å². The highest BCUT2D eigenvalue weighted by atomic mass is 127. The van der Waals surface area contributed by atoms with Crippen LogP contribution in [0.1, 0.15) is 17.9 Å². The van der Waals surface area contributed by atoms with Crippen molar-refractivity contribution in [3.63, 3.8) is 0 Å². The van der Waals surface area contributed by atoms with Crippen LogP contribution in [0.4, 0.5) is 5.82 Å². The van der Waals surface area contributed by atoms with Gasteiger partial charge in [-0.05, 0) is 36.2 Å². The van der Waals surface area contributed by atoms with Gasteiger partial charge in [-0.3, -0.25) is 4.99 Å². The van der Waals surface area contributed by atoms with E-state index in [1.165, 1.54) is 12.0 Å². The van der Waals surface area contributed by atoms with E-state index in [1.807, 2.05) is 25.4 Å². The van der Waals surface area contributed by atoms with Gasteiger partial charge in [0.1, 0.15) is 5.82 Å². The molecule has 27 heavy (non-hydrogen) atoms. The summed E-state index contributed by atoms with van der Waals surface area (Å²) >= 11 is 3.51. The van der Waals surface area contributed by atoms with E-state index in [2.05, 4.69) is 71.4 Å². The highest BCUT2D eigenvalue weighted by Crippen LogP contribution is 2.41. The van der Waals surface area contributed by atoms with Crippen molar-refractivity contribution >= 4 is 51.7 Å². The van der Waals surface area contributed by atoms with Crippen LogP contribution in [0.3, 0.4) is 0 Å². The first-order valence-electron chi connectivity index (χ1n) is 9.14. The number of aliphatic imine (C=N–C) groups is 1. The van der Waals surface area contributed by atoms with Gasteiger partial charge in [0.15, 0.2) is 5.96 Å². The van der Waals surface area contributed by atoms with Crippen LogP contribution in [-0.2, 0) is 0 Å². The van der Waals surface area contributed by atoms with Crippen molar-refractivity contribution in [2.75, 3.05) is 38.1 Å². The van der Waals surface area contributed by atoms with Crippen molar-refractivity contribution in [2.24, 2.45) is 4.99 Å². The molecule has 1 saturated heterocycles. The number of pyridine rings is 1. The molecule has 5 nitrogen and oxygen atoms in total. The van der Waals surface area contributed by atoms with E-state index >= 15 is 0 Å². The van der Waals surface area contributed by atoms with Crippen molar-refractivity contribution in [1.82, 2.24) is 15.2 Å². The molecular weight excluding hydrogens is 517 g/mol. The molecule has 0 amide bonds. The van der Waals surface area contributed by atoms with Gasteiger partial charge in [-0.2, -0.15) is 0 Å². The fourth-order valence-electron chi connectivity index (χ4n) is 3.58. The number of piperazine rings is 1. The number of nitrogens with one attached hydrogen (secondary N) is 1. The van der Waals surface area contributed by atoms with Gasteiger partial charge >= 0.3 is 0 Å². The summed E-state index contributed by atoms with van der Waals surface area (Å²) in [5.41, 5.74) is 1.40. The molecule has 2 fully saturated rings. The molecule has 0 radical (unpaired) electrons. The lowest BCUT2D eigenvalue weighted by molar-refractivity contribution is 0.371. The SMILES string of the molecule is CN=C(NC1CC1c1ccc(Br)cc1)N1CCN(c2ccccn2)CC1.I. The molecule has 1 aliphatic carbocycles. The first kappa shape index (κ1) is 20.4. The molecule has 1 saturated carbocycles. The number of hydrogen-bond acceptors (Lipinski definition) is 3. The highest BCUT2D eigenvalue weighted by Gasteiger charge is 2.39. The van der Waals surface area contributed by atoms with E-state index in [9.17, 15) is 0 Å². The topological polar surface area (TPSA) is 43.8 Å². The van der Waals surface area contributed by atoms with Crippen molar-refractivity contribution in [3.8, 4) is 0 Å². The van der Waals surface area contributed by atoms with Gasteiger partial charge < -0.3 is 15.1 Å². The maximum atomic E-state index is 4.52. The highest BCUT2D eigenvalue weighted by molar-refractivity contribution is 14.0. The largest absolute Gasteiger partial charge is 0.353 e. The van der Waals surface area contributed by atoms with Gasteiger partial charge in [0.05, 0.1) is 0 Å². The van der Waals surface area contributed by atoms with Crippen LogP contribution in [0.5, 0.6) is 0 Å². The molecule has 2 heterocycles. The van der Waals surface area contributed by atoms with E-state index in [1.54, 1.807) is 0 Å². The Morgan fingerprint density at radius 3 is 2.48 bits per heavy atom. The van der Waals surface area contributed by atoms with Gasteiger partial charge in [-0.1, -0.05) is 34.1 Å². The minimum absolute atomic E-state index is 0. The zero-order valence-electron chi connectivity index (χ0n) is 15.4. The molecule has 2 atom stereocenters. The molecule has 0 bridgehead atoms. The smallest absolute Gasteiger partial charge is 0.194 e. The number of anilines is 1. The minimum Gasteiger partial charge on any atom is -0.353 e. The zero-order chi connectivity index (χ0) is 17.9. The van der Waals surface area contributed by atoms with Crippen LogP contribution in [0.2, 0.25) is 0 Å². The zero-order valence-corrected chi connectivity index (χ0v) is 19.3. The van der Waals surface area contributed by atoms with Crippen LogP contribution < -0.4 is 10.2 Å². The first-order chi connectivity index (χ1) is 12.7. The van der Waals surface area contributed by atoms with Crippen LogP contribution in [0.15, 0.2) is 58.1 Å². The van der Waals surface area contributed by atoms with E-state index < -0.39 is 0 Å². The third-order valence-corrected chi connectivity index (χ3v) is 5.70. The summed E-state index contributed by atoms with van der Waals surface area (Å²) in [7, 11) is 1.88. The predicted octanol–water partition coefficient (Wildman–Crippen LogP) is 3.72. The number of aromatic nitrogens is 1.